The highest BCUT2D eigenvalue weighted by molar-refractivity contribution is 5.59. The number of halogens is 2. The number of allylic oxidation sites excluding steroid dienone is 1. The average Bonchev–Trinajstić information content (AvgIpc) is 3.02. The number of nitrogens with zero attached hydrogens (tertiary/aromatic N) is 2. The average molecular weight is 214 g/mol. The third-order valence-corrected chi connectivity index (χ3v) is 3.03. The van der Waals surface area contributed by atoms with Gasteiger partial charge in [0.1, 0.15) is 5.70 Å². The van der Waals surface area contributed by atoms with E-state index in [4.69, 9.17) is 0 Å². The number of rotatable bonds is 4. The monoisotopic (exact) mass is 214 g/mol. The first-order valence-electron chi connectivity index (χ1n) is 5.45. The maximum absolute atomic E-state index is 12.3. The largest absolute Gasteiger partial charge is 0.356 e. The summed E-state index contributed by atoms with van der Waals surface area (Å²) < 4.78 is 24.5. The number of aliphatic imine (C=N–C) groups is 1. The predicted molar refractivity (Wildman–Crippen MR) is 56.1 cm³/mol. The lowest BCUT2D eigenvalue weighted by Crippen LogP contribution is -2.34. The second kappa shape index (κ2) is 4.29. The van der Waals surface area contributed by atoms with Crippen LogP contribution in [0.1, 0.15) is 26.2 Å². The molecule has 1 heterocycles. The van der Waals surface area contributed by atoms with E-state index in [1.165, 1.54) is 18.9 Å². The Kier molecular flexibility index (Phi) is 3.03. The Morgan fingerprint density at radius 1 is 1.53 bits per heavy atom. The number of hydrogen-bond donors (Lipinski definition) is 0. The van der Waals surface area contributed by atoms with Gasteiger partial charge < -0.3 is 4.90 Å². The van der Waals surface area contributed by atoms with Gasteiger partial charge in [-0.05, 0) is 25.3 Å². The molecule has 0 bridgehead atoms. The molecule has 1 atom stereocenters. The fourth-order valence-electron chi connectivity index (χ4n) is 1.85. The van der Waals surface area contributed by atoms with E-state index in [0.29, 0.717) is 12.6 Å². The minimum atomic E-state index is -2.44. The third kappa shape index (κ3) is 2.76. The molecule has 1 aliphatic carbocycles. The minimum absolute atomic E-state index is 0.0927. The summed E-state index contributed by atoms with van der Waals surface area (Å²) in [6.07, 6.45) is 4.45. The van der Waals surface area contributed by atoms with Crippen LogP contribution in [0.15, 0.2) is 16.8 Å². The Morgan fingerprint density at radius 3 is 2.73 bits per heavy atom. The lowest BCUT2D eigenvalue weighted by atomic mass is 10.1. The van der Waals surface area contributed by atoms with Gasteiger partial charge in [-0.25, -0.2) is 13.8 Å². The van der Waals surface area contributed by atoms with E-state index in [9.17, 15) is 8.78 Å². The summed E-state index contributed by atoms with van der Waals surface area (Å²) in [6, 6.07) is 0.414. The molecule has 0 spiro atoms. The molecule has 0 radical (unpaired) electrons. The van der Waals surface area contributed by atoms with Crippen molar-refractivity contribution < 1.29 is 8.78 Å². The summed E-state index contributed by atoms with van der Waals surface area (Å²) in [7, 11) is 0. The van der Waals surface area contributed by atoms with Gasteiger partial charge in [0.15, 0.2) is 0 Å². The number of hydrogen-bond acceptors (Lipinski definition) is 2. The molecule has 2 aliphatic rings. The molecule has 1 aliphatic heterocycles. The summed E-state index contributed by atoms with van der Waals surface area (Å²) in [4.78, 5) is 5.80. The summed E-state index contributed by atoms with van der Waals surface area (Å²) in [5.41, 5.74) is -0.0927. The van der Waals surface area contributed by atoms with Crippen LogP contribution in [0.4, 0.5) is 8.78 Å². The molecule has 84 valence electrons. The van der Waals surface area contributed by atoms with E-state index in [1.807, 2.05) is 4.90 Å². The van der Waals surface area contributed by atoms with Crippen LogP contribution < -0.4 is 0 Å². The molecular weight excluding hydrogens is 198 g/mol. The first-order valence-corrected chi connectivity index (χ1v) is 5.45. The van der Waals surface area contributed by atoms with Crippen molar-refractivity contribution in [1.82, 2.24) is 4.90 Å². The fraction of sp³-hybridized carbons (Fsp3) is 0.727. The van der Waals surface area contributed by atoms with Crippen molar-refractivity contribution in [2.24, 2.45) is 10.9 Å². The van der Waals surface area contributed by atoms with E-state index < -0.39 is 6.43 Å². The highest BCUT2D eigenvalue weighted by Crippen LogP contribution is 2.34. The van der Waals surface area contributed by atoms with Gasteiger partial charge in [0.05, 0.1) is 6.34 Å². The molecule has 1 fully saturated rings. The summed E-state index contributed by atoms with van der Waals surface area (Å²) in [5, 5.41) is 0. The maximum atomic E-state index is 12.3. The Labute approximate surface area is 88.7 Å². The third-order valence-electron chi connectivity index (χ3n) is 3.03. The van der Waals surface area contributed by atoms with Crippen LogP contribution in [0.3, 0.4) is 0 Å². The molecule has 2 rings (SSSR count). The molecule has 0 aromatic heterocycles. The lowest BCUT2D eigenvalue weighted by molar-refractivity contribution is 0.185. The quantitative estimate of drug-likeness (QED) is 0.702. The van der Waals surface area contributed by atoms with Gasteiger partial charge in [0.2, 0.25) is 0 Å². The molecule has 2 nitrogen and oxygen atoms in total. The van der Waals surface area contributed by atoms with Crippen LogP contribution in [-0.2, 0) is 0 Å². The Balaban J connectivity index is 1.84. The molecule has 0 N–H and O–H groups in total. The molecule has 0 aromatic carbocycles. The summed E-state index contributed by atoms with van der Waals surface area (Å²) >= 11 is 0. The van der Waals surface area contributed by atoms with Gasteiger partial charge in [-0.1, -0.05) is 12.8 Å². The van der Waals surface area contributed by atoms with E-state index >= 15 is 0 Å². The second-order valence-electron chi connectivity index (χ2n) is 4.40. The van der Waals surface area contributed by atoms with Crippen molar-refractivity contribution in [1.29, 1.82) is 0 Å². The van der Waals surface area contributed by atoms with Crippen molar-refractivity contribution in [2.45, 2.75) is 38.7 Å². The van der Waals surface area contributed by atoms with Gasteiger partial charge in [-0.15, -0.1) is 0 Å². The van der Waals surface area contributed by atoms with Crippen LogP contribution in [-0.4, -0.2) is 30.3 Å². The van der Waals surface area contributed by atoms with Crippen molar-refractivity contribution >= 4 is 6.34 Å². The van der Waals surface area contributed by atoms with Crippen molar-refractivity contribution in [3.05, 3.63) is 11.8 Å². The predicted octanol–water partition coefficient (Wildman–Crippen LogP) is 2.67. The second-order valence-corrected chi connectivity index (χ2v) is 4.40. The Morgan fingerprint density at radius 2 is 2.27 bits per heavy atom. The van der Waals surface area contributed by atoms with Gasteiger partial charge in [0.25, 0.3) is 6.43 Å². The van der Waals surface area contributed by atoms with Crippen LogP contribution in [0.2, 0.25) is 0 Å². The topological polar surface area (TPSA) is 15.6 Å². The van der Waals surface area contributed by atoms with E-state index in [1.54, 1.807) is 6.34 Å². The van der Waals surface area contributed by atoms with Crippen molar-refractivity contribution in [2.75, 3.05) is 6.54 Å². The molecule has 0 saturated heterocycles. The first-order chi connectivity index (χ1) is 7.16. The maximum Gasteiger partial charge on any atom is 0.280 e. The van der Waals surface area contributed by atoms with Gasteiger partial charge in [-0.2, -0.15) is 0 Å². The van der Waals surface area contributed by atoms with E-state index in [2.05, 4.69) is 11.9 Å². The molecule has 0 amide bonds. The van der Waals surface area contributed by atoms with Crippen LogP contribution >= 0.6 is 0 Å². The van der Waals surface area contributed by atoms with Gasteiger partial charge in [0, 0.05) is 12.6 Å². The molecular formula is C11H16F2N2. The van der Waals surface area contributed by atoms with Crippen LogP contribution in [0.5, 0.6) is 0 Å². The molecule has 15 heavy (non-hydrogen) atoms. The van der Waals surface area contributed by atoms with Gasteiger partial charge >= 0.3 is 0 Å². The molecule has 1 unspecified atom stereocenters. The van der Waals surface area contributed by atoms with E-state index in [-0.39, 0.29) is 5.70 Å². The molecule has 0 aromatic rings. The minimum Gasteiger partial charge on any atom is -0.356 e. The molecule has 1 saturated carbocycles. The smallest absolute Gasteiger partial charge is 0.280 e. The normalized spacial score (nSPS) is 23.2. The van der Waals surface area contributed by atoms with Crippen molar-refractivity contribution in [3.63, 3.8) is 0 Å². The Hall–Kier alpha value is -0.930. The van der Waals surface area contributed by atoms with E-state index in [0.717, 1.165) is 12.3 Å². The zero-order valence-corrected chi connectivity index (χ0v) is 8.87. The zero-order valence-electron chi connectivity index (χ0n) is 8.87. The highest BCUT2D eigenvalue weighted by atomic mass is 19.3. The van der Waals surface area contributed by atoms with Crippen LogP contribution in [0.25, 0.3) is 0 Å². The Bertz CT molecular complexity index is 282. The number of alkyl halides is 2. The zero-order chi connectivity index (χ0) is 10.8. The van der Waals surface area contributed by atoms with Crippen molar-refractivity contribution in [3.8, 4) is 0 Å². The fourth-order valence-corrected chi connectivity index (χ4v) is 1.85. The summed E-state index contributed by atoms with van der Waals surface area (Å²) in [6.45, 7) is 2.70. The first kappa shape index (κ1) is 10.6. The lowest BCUT2D eigenvalue weighted by Gasteiger charge is -2.28. The SMILES string of the molecule is CC(CC1CC1)N1C=NC(C(F)F)=CC1. The highest BCUT2D eigenvalue weighted by Gasteiger charge is 2.26. The standard InChI is InChI=1S/C11H16F2N2/c1-8(6-9-2-3-9)15-5-4-10(11(12)13)14-7-15/h4,7-9,11H,2-3,5-6H2,1H3. The van der Waals surface area contributed by atoms with Gasteiger partial charge in [-0.3, -0.25) is 0 Å². The summed E-state index contributed by atoms with van der Waals surface area (Å²) in [5.74, 6) is 0.855. The van der Waals surface area contributed by atoms with Crippen LogP contribution in [0, 0.1) is 5.92 Å². The molecule has 4 heteroatoms.